The number of rotatable bonds is 1. The van der Waals surface area contributed by atoms with Crippen molar-refractivity contribution in [2.45, 2.75) is 0 Å². The molecule has 0 heterocycles. The maximum absolute atomic E-state index is 10.5. The summed E-state index contributed by atoms with van der Waals surface area (Å²) in [6, 6.07) is 0. The van der Waals surface area contributed by atoms with E-state index in [1.807, 2.05) is 0 Å². The fraction of sp³-hybridized carbons (Fsp3) is 0. The van der Waals surface area contributed by atoms with E-state index in [0.717, 1.165) is 0 Å². The molecule has 1 aliphatic carbocycles. The van der Waals surface area contributed by atoms with Crippen molar-refractivity contribution in [3.05, 3.63) is 24.3 Å². The van der Waals surface area contributed by atoms with Crippen LogP contribution in [0.5, 0.6) is 0 Å². The summed E-state index contributed by atoms with van der Waals surface area (Å²) in [7, 11) is 0. The maximum Gasteiger partial charge on any atom is 0.178 e. The average Bonchev–Trinajstić information content (AvgIpc) is 1.95. The molecular formula is C6H6N2O2. The molecule has 0 aromatic rings. The second kappa shape index (κ2) is 2.93. The number of hydrogen-bond donors (Lipinski definition) is 1. The van der Waals surface area contributed by atoms with Crippen LogP contribution in [0, 0.1) is 0 Å². The van der Waals surface area contributed by atoms with E-state index < -0.39 is 0 Å². The highest BCUT2D eigenvalue weighted by atomic mass is 16.7. The van der Waals surface area contributed by atoms with Crippen molar-refractivity contribution in [1.29, 1.82) is 0 Å². The van der Waals surface area contributed by atoms with Crippen LogP contribution in [-0.4, -0.2) is 11.5 Å². The largest absolute Gasteiger partial charge is 0.302 e. The molecule has 0 saturated heterocycles. The van der Waals surface area contributed by atoms with Gasteiger partial charge in [-0.2, -0.15) is 0 Å². The van der Waals surface area contributed by atoms with Crippen LogP contribution in [-0.2, 0) is 9.73 Å². The van der Waals surface area contributed by atoms with E-state index in [-0.39, 0.29) is 5.78 Å². The molecule has 4 heteroatoms. The van der Waals surface area contributed by atoms with Crippen molar-refractivity contribution in [3.63, 3.8) is 0 Å². The van der Waals surface area contributed by atoms with E-state index in [9.17, 15) is 4.79 Å². The molecule has 0 saturated carbocycles. The Morgan fingerprint density at radius 2 is 1.90 bits per heavy atom. The summed E-state index contributed by atoms with van der Waals surface area (Å²) in [5, 5.41) is 3.39. The minimum Gasteiger partial charge on any atom is -0.302 e. The van der Waals surface area contributed by atoms with Crippen molar-refractivity contribution < 1.29 is 9.73 Å². The molecule has 0 spiro atoms. The third-order valence-corrected chi connectivity index (χ3v) is 0.995. The zero-order chi connectivity index (χ0) is 7.40. The number of nitrogens with zero attached hydrogens (tertiary/aromatic N) is 1. The molecule has 1 aliphatic rings. The lowest BCUT2D eigenvalue weighted by atomic mass is 10.2. The van der Waals surface area contributed by atoms with Crippen LogP contribution < -0.4 is 5.90 Å². The van der Waals surface area contributed by atoms with Gasteiger partial charge in [-0.25, -0.2) is 0 Å². The Labute approximate surface area is 57.6 Å². The molecule has 1 rings (SSSR count). The second-order valence-electron chi connectivity index (χ2n) is 1.69. The van der Waals surface area contributed by atoms with Gasteiger partial charge in [0.05, 0.1) is 0 Å². The van der Waals surface area contributed by atoms with Gasteiger partial charge in [-0.1, -0.05) is 5.16 Å². The van der Waals surface area contributed by atoms with Gasteiger partial charge in [-0.05, 0) is 24.3 Å². The fourth-order valence-electron chi connectivity index (χ4n) is 0.568. The first-order valence-corrected chi connectivity index (χ1v) is 2.67. The first-order valence-electron chi connectivity index (χ1n) is 2.67. The van der Waals surface area contributed by atoms with Crippen molar-refractivity contribution >= 4 is 11.5 Å². The van der Waals surface area contributed by atoms with Crippen LogP contribution in [0.2, 0.25) is 0 Å². The number of hydrogen-bond acceptors (Lipinski definition) is 4. The smallest absolute Gasteiger partial charge is 0.178 e. The monoisotopic (exact) mass is 138 g/mol. The van der Waals surface area contributed by atoms with E-state index in [1.165, 1.54) is 24.3 Å². The van der Waals surface area contributed by atoms with E-state index in [4.69, 9.17) is 0 Å². The Morgan fingerprint density at radius 3 is 2.40 bits per heavy atom. The Kier molecular flexibility index (Phi) is 1.96. The first-order chi connectivity index (χ1) is 4.83. The highest BCUT2D eigenvalue weighted by Crippen LogP contribution is 1.94. The molecule has 0 bridgehead atoms. The van der Waals surface area contributed by atoms with Crippen molar-refractivity contribution in [3.8, 4) is 0 Å². The summed E-state index contributed by atoms with van der Waals surface area (Å²) in [6.07, 6.45) is 5.82. The number of carbonyl (C=O) groups excluding carboxylic acids is 1. The van der Waals surface area contributed by atoms with Gasteiger partial charge in [-0.15, -0.1) is 5.90 Å². The topological polar surface area (TPSA) is 64.7 Å². The van der Waals surface area contributed by atoms with Crippen LogP contribution in [0.15, 0.2) is 29.5 Å². The van der Waals surface area contributed by atoms with Gasteiger partial charge < -0.3 is 4.94 Å². The Balaban J connectivity index is 2.71. The molecule has 0 aromatic carbocycles. The van der Waals surface area contributed by atoms with Crippen LogP contribution in [0.25, 0.3) is 0 Å². The molecule has 52 valence electrons. The van der Waals surface area contributed by atoms with Gasteiger partial charge in [-0.3, -0.25) is 4.79 Å². The second-order valence-corrected chi connectivity index (χ2v) is 1.69. The average molecular weight is 138 g/mol. The van der Waals surface area contributed by atoms with Crippen LogP contribution >= 0.6 is 0 Å². The number of carbonyl (C=O) groups is 1. The van der Waals surface area contributed by atoms with E-state index >= 15 is 0 Å². The summed E-state index contributed by atoms with van der Waals surface area (Å²) in [4.78, 5) is 14.5. The zero-order valence-corrected chi connectivity index (χ0v) is 5.15. The van der Waals surface area contributed by atoms with Crippen LogP contribution in [0.3, 0.4) is 0 Å². The first kappa shape index (κ1) is 6.70. The lowest BCUT2D eigenvalue weighted by Crippen LogP contribution is -2.01. The summed E-state index contributed by atoms with van der Waals surface area (Å²) in [5.74, 6) is 4.59. The third kappa shape index (κ3) is 1.53. The van der Waals surface area contributed by atoms with Gasteiger partial charge in [0.2, 0.25) is 0 Å². The Hall–Kier alpha value is -1.42. The fourth-order valence-corrected chi connectivity index (χ4v) is 0.568. The standard InChI is InChI=1S/C6H6N2O2/c7-10-8-5-1-3-6(9)4-2-5/h1-4H,7H2. The number of oxime groups is 1. The Bertz CT molecular complexity index is 210. The molecule has 0 radical (unpaired) electrons. The molecule has 2 N–H and O–H groups in total. The lowest BCUT2D eigenvalue weighted by molar-refractivity contribution is -0.110. The van der Waals surface area contributed by atoms with E-state index in [2.05, 4.69) is 16.0 Å². The molecular weight excluding hydrogens is 132 g/mol. The molecule has 0 aliphatic heterocycles. The van der Waals surface area contributed by atoms with Gasteiger partial charge in [0.15, 0.2) is 5.78 Å². The minimum absolute atomic E-state index is 0.0593. The summed E-state index contributed by atoms with van der Waals surface area (Å²) in [5.41, 5.74) is 0.530. The van der Waals surface area contributed by atoms with Gasteiger partial charge in [0.25, 0.3) is 0 Å². The van der Waals surface area contributed by atoms with Crippen LogP contribution in [0.1, 0.15) is 0 Å². The normalized spacial score (nSPS) is 15.7. The van der Waals surface area contributed by atoms with Gasteiger partial charge in [0, 0.05) is 0 Å². The number of nitrogens with two attached hydrogens (primary N) is 1. The minimum atomic E-state index is -0.0593. The van der Waals surface area contributed by atoms with Gasteiger partial charge in [0.1, 0.15) is 5.71 Å². The van der Waals surface area contributed by atoms with Crippen molar-refractivity contribution in [1.82, 2.24) is 0 Å². The molecule has 0 fully saturated rings. The predicted octanol–water partition coefficient (Wildman–Crippen LogP) is -0.0722. The highest BCUT2D eigenvalue weighted by Gasteiger charge is 1.98. The molecule has 4 nitrogen and oxygen atoms in total. The van der Waals surface area contributed by atoms with Gasteiger partial charge >= 0.3 is 0 Å². The van der Waals surface area contributed by atoms with Crippen molar-refractivity contribution in [2.24, 2.45) is 11.1 Å². The van der Waals surface area contributed by atoms with Crippen LogP contribution in [0.4, 0.5) is 0 Å². The van der Waals surface area contributed by atoms with Crippen molar-refractivity contribution in [2.75, 3.05) is 0 Å². The molecule has 0 unspecified atom stereocenters. The lowest BCUT2D eigenvalue weighted by Gasteiger charge is -1.94. The molecule has 10 heavy (non-hydrogen) atoms. The SMILES string of the molecule is NON=C1C=CC(=O)C=C1. The van der Waals surface area contributed by atoms with E-state index in [0.29, 0.717) is 5.71 Å². The quantitative estimate of drug-likeness (QED) is 0.407. The number of ketones is 1. The third-order valence-electron chi connectivity index (χ3n) is 0.995. The molecule has 0 amide bonds. The zero-order valence-electron chi connectivity index (χ0n) is 5.15. The van der Waals surface area contributed by atoms with E-state index in [1.54, 1.807) is 0 Å². The Morgan fingerprint density at radius 1 is 1.30 bits per heavy atom. The maximum atomic E-state index is 10.5. The summed E-state index contributed by atoms with van der Waals surface area (Å²) < 4.78 is 0. The number of allylic oxidation sites excluding steroid dienone is 4. The highest BCUT2D eigenvalue weighted by molar-refractivity contribution is 6.16. The summed E-state index contributed by atoms with van der Waals surface area (Å²) >= 11 is 0. The molecule has 0 aromatic heterocycles. The predicted molar refractivity (Wildman–Crippen MR) is 36.0 cm³/mol. The molecule has 0 atom stereocenters. The summed E-state index contributed by atoms with van der Waals surface area (Å²) in [6.45, 7) is 0.